The molecule has 8 heteroatoms. The normalized spacial score (nSPS) is 14.5. The molecule has 179 valence electrons. The molecule has 4 rings (SSSR count). The zero-order valence-electron chi connectivity index (χ0n) is 20.0. The topological polar surface area (TPSA) is 98.5 Å². The molecule has 0 fully saturated rings. The Balaban J connectivity index is 0.000000619. The second-order valence-electron chi connectivity index (χ2n) is 8.63. The van der Waals surface area contributed by atoms with E-state index in [-0.39, 0.29) is 24.0 Å². The molecule has 0 unspecified atom stereocenters. The average molecular weight is 520 g/mol. The van der Waals surface area contributed by atoms with E-state index in [1.807, 2.05) is 0 Å². The number of benzene rings is 3. The van der Waals surface area contributed by atoms with Crippen molar-refractivity contribution in [3.05, 3.63) is 77.9 Å². The van der Waals surface area contributed by atoms with Gasteiger partial charge in [-0.15, -0.1) is 10.2 Å². The van der Waals surface area contributed by atoms with E-state index in [2.05, 4.69) is 117 Å². The molecule has 0 saturated carbocycles. The van der Waals surface area contributed by atoms with Crippen LogP contribution in [0.4, 0.5) is 11.4 Å². The zero-order chi connectivity index (χ0) is 24.4. The Morgan fingerprint density at radius 1 is 0.882 bits per heavy atom. The van der Waals surface area contributed by atoms with Crippen molar-refractivity contribution in [3.63, 3.8) is 0 Å². The minimum absolute atomic E-state index is 0. The minimum atomic E-state index is -4.94. The van der Waals surface area contributed by atoms with Crippen molar-refractivity contribution in [2.75, 3.05) is 25.5 Å². The van der Waals surface area contributed by atoms with E-state index in [0.717, 1.165) is 6.54 Å². The molecule has 0 aliphatic carbocycles. The maximum Gasteiger partial charge on any atom is 0.217 e. The van der Waals surface area contributed by atoms with E-state index in [4.69, 9.17) is 18.6 Å². The zero-order valence-corrected chi connectivity index (χ0v) is 22.1. The smallest absolute Gasteiger partial charge is 0.217 e. The molecule has 34 heavy (non-hydrogen) atoms. The van der Waals surface area contributed by atoms with Crippen LogP contribution in [-0.2, 0) is 24.0 Å². The SMILES string of the molecule is CC[N+]1=C(C=Cc2ccc(N(C)C)cc2)C(C)(C)c2ccc3ccccc3c21.[O-][Cl+3]([O-])([O-])[O-].[V]. The van der Waals surface area contributed by atoms with E-state index in [0.29, 0.717) is 0 Å². The molecule has 0 bridgehead atoms. The third-order valence-electron chi connectivity index (χ3n) is 5.93. The van der Waals surface area contributed by atoms with Crippen LogP contribution in [0.15, 0.2) is 66.7 Å². The number of allylic oxidation sites excluding steroid dienone is 1. The third kappa shape index (κ3) is 6.29. The number of hydrogen-bond donors (Lipinski definition) is 0. The molecule has 3 aromatic rings. The summed E-state index contributed by atoms with van der Waals surface area (Å²) in [7, 11) is -0.801. The van der Waals surface area contributed by atoms with E-state index in [1.165, 1.54) is 39.0 Å². The first-order valence-corrected chi connectivity index (χ1v) is 11.9. The fourth-order valence-electron chi connectivity index (χ4n) is 4.33. The Morgan fingerprint density at radius 3 is 2.03 bits per heavy atom. The van der Waals surface area contributed by atoms with Gasteiger partial charge in [0.25, 0.3) is 0 Å². The van der Waals surface area contributed by atoms with Crippen LogP contribution in [0, 0.1) is 10.2 Å². The Kier molecular flexibility index (Phi) is 9.13. The average Bonchev–Trinajstić information content (AvgIpc) is 2.97. The molecule has 1 heterocycles. The summed E-state index contributed by atoms with van der Waals surface area (Å²) in [5.41, 5.74) is 6.57. The van der Waals surface area contributed by atoms with Gasteiger partial charge in [0.05, 0.1) is 10.8 Å². The van der Waals surface area contributed by atoms with Gasteiger partial charge in [-0.3, -0.25) is 0 Å². The van der Waals surface area contributed by atoms with E-state index >= 15 is 0 Å². The van der Waals surface area contributed by atoms with Crippen LogP contribution in [0.3, 0.4) is 0 Å². The van der Waals surface area contributed by atoms with Crippen molar-refractivity contribution in [3.8, 4) is 0 Å². The summed E-state index contributed by atoms with van der Waals surface area (Å²) in [5.74, 6) is 0. The summed E-state index contributed by atoms with van der Waals surface area (Å²) in [5, 5.41) is 2.65. The molecule has 6 nitrogen and oxygen atoms in total. The second kappa shape index (κ2) is 11.1. The van der Waals surface area contributed by atoms with Crippen LogP contribution in [0.25, 0.3) is 16.8 Å². The predicted molar refractivity (Wildman–Crippen MR) is 122 cm³/mol. The van der Waals surface area contributed by atoms with Crippen molar-refractivity contribution in [1.82, 2.24) is 0 Å². The van der Waals surface area contributed by atoms with Crippen LogP contribution in [0.2, 0.25) is 0 Å². The number of halogens is 1. The van der Waals surface area contributed by atoms with Crippen LogP contribution >= 0.6 is 0 Å². The summed E-state index contributed by atoms with van der Waals surface area (Å²) in [6, 6.07) is 22.0. The molecule has 0 saturated heterocycles. The van der Waals surface area contributed by atoms with Crippen molar-refractivity contribution < 1.29 is 52.0 Å². The maximum absolute atomic E-state index is 8.49. The molecule has 0 N–H and O–H groups in total. The van der Waals surface area contributed by atoms with E-state index in [9.17, 15) is 0 Å². The van der Waals surface area contributed by atoms with Gasteiger partial charge in [0.15, 0.2) is 5.71 Å². The minimum Gasteiger partial charge on any atom is -0.378 e. The molecule has 1 aliphatic rings. The van der Waals surface area contributed by atoms with Gasteiger partial charge in [-0.25, -0.2) is 18.6 Å². The van der Waals surface area contributed by atoms with Crippen molar-refractivity contribution >= 4 is 33.9 Å². The number of hydrogen-bond acceptors (Lipinski definition) is 5. The molecular formula is C26H29ClN2O4V. The van der Waals surface area contributed by atoms with Gasteiger partial charge in [-0.1, -0.05) is 42.5 Å². The molecule has 0 spiro atoms. The van der Waals surface area contributed by atoms with E-state index in [1.54, 1.807) is 0 Å². The Bertz CT molecular complexity index is 1190. The monoisotopic (exact) mass is 519 g/mol. The summed E-state index contributed by atoms with van der Waals surface area (Å²) in [4.78, 5) is 2.13. The molecule has 3 aromatic carbocycles. The van der Waals surface area contributed by atoms with Crippen LogP contribution < -0.4 is 23.5 Å². The van der Waals surface area contributed by atoms with Crippen molar-refractivity contribution in [2.24, 2.45) is 0 Å². The standard InChI is InChI=1S/C26H29N2.ClHO4.V/c1-6-28-24(18-13-19-11-15-21(16-12-19)27(4)5)26(2,3)23-17-14-20-9-7-8-10-22(20)25(23)28;2-1(3,4)5;/h7-18H,6H2,1-5H3;(H,2,3,4,5);/q+1;;/p-1. The molecule has 1 radical (unpaired) electrons. The molecular weight excluding hydrogens is 491 g/mol. The first kappa shape index (κ1) is 28.1. The Morgan fingerprint density at radius 2 is 1.47 bits per heavy atom. The number of rotatable bonds is 4. The summed E-state index contributed by atoms with van der Waals surface area (Å²) < 4.78 is 36.5. The largest absolute Gasteiger partial charge is 0.378 e. The van der Waals surface area contributed by atoms with E-state index < -0.39 is 10.2 Å². The molecule has 0 amide bonds. The number of anilines is 1. The quantitative estimate of drug-likeness (QED) is 0.483. The first-order chi connectivity index (χ1) is 15.4. The van der Waals surface area contributed by atoms with Gasteiger partial charge in [0, 0.05) is 50.0 Å². The first-order valence-electron chi connectivity index (χ1n) is 10.7. The van der Waals surface area contributed by atoms with Crippen LogP contribution in [-0.4, -0.2) is 30.9 Å². The Hall–Kier alpha value is -2.16. The molecule has 0 aromatic heterocycles. The second-order valence-corrected chi connectivity index (χ2v) is 9.39. The van der Waals surface area contributed by atoms with Crippen LogP contribution in [0.5, 0.6) is 0 Å². The van der Waals surface area contributed by atoms with Gasteiger partial charge in [0.1, 0.15) is 6.54 Å². The number of fused-ring (bicyclic) bond motifs is 3. The summed E-state index contributed by atoms with van der Waals surface area (Å²) in [6.07, 6.45) is 4.55. The maximum atomic E-state index is 8.49. The van der Waals surface area contributed by atoms with Gasteiger partial charge < -0.3 is 4.90 Å². The third-order valence-corrected chi connectivity index (χ3v) is 5.93. The summed E-state index contributed by atoms with van der Waals surface area (Å²) >= 11 is 0. The van der Waals surface area contributed by atoms with Gasteiger partial charge in [-0.2, -0.15) is 4.58 Å². The van der Waals surface area contributed by atoms with Crippen LogP contribution in [0.1, 0.15) is 31.9 Å². The van der Waals surface area contributed by atoms with Gasteiger partial charge in [0.2, 0.25) is 5.69 Å². The fourth-order valence-corrected chi connectivity index (χ4v) is 4.33. The van der Waals surface area contributed by atoms with Gasteiger partial charge in [-0.05, 0) is 56.0 Å². The summed E-state index contributed by atoms with van der Waals surface area (Å²) in [6.45, 7) is 7.88. The predicted octanol–water partition coefficient (Wildman–Crippen LogP) is 1.26. The molecule has 1 aliphatic heterocycles. The molecule has 0 atom stereocenters. The van der Waals surface area contributed by atoms with Gasteiger partial charge >= 0.3 is 0 Å². The van der Waals surface area contributed by atoms with Crippen molar-refractivity contribution in [1.29, 1.82) is 0 Å². The number of nitrogens with zero attached hydrogens (tertiary/aromatic N) is 2. The fraction of sp³-hybridized carbons (Fsp3) is 0.269. The Labute approximate surface area is 215 Å². The van der Waals surface area contributed by atoms with Crippen molar-refractivity contribution in [2.45, 2.75) is 26.2 Å².